The van der Waals surface area contributed by atoms with Crippen LogP contribution in [0.4, 0.5) is 0 Å². The highest BCUT2D eigenvalue weighted by molar-refractivity contribution is 6.31. The number of nitrogens with zero attached hydrogens (tertiary/aromatic N) is 2. The van der Waals surface area contributed by atoms with Crippen molar-refractivity contribution < 1.29 is 9.53 Å². The Morgan fingerprint density at radius 3 is 2.53 bits per heavy atom. The molecule has 0 fully saturated rings. The first-order chi connectivity index (χ1) is 17.5. The molecule has 0 aliphatic heterocycles. The largest absolute Gasteiger partial charge is 0.494 e. The molecule has 4 rings (SSSR count). The molecule has 1 aromatic heterocycles. The number of halogens is 1. The van der Waals surface area contributed by atoms with E-state index in [-0.39, 0.29) is 12.3 Å². The van der Waals surface area contributed by atoms with Crippen LogP contribution in [0.1, 0.15) is 49.6 Å². The van der Waals surface area contributed by atoms with Crippen LogP contribution in [-0.4, -0.2) is 28.6 Å². The molecule has 188 valence electrons. The number of nitrogens with one attached hydrogen (secondary N) is 1. The molecule has 5 nitrogen and oxygen atoms in total. The summed E-state index contributed by atoms with van der Waals surface area (Å²) < 4.78 is 8.22. The number of aromatic nitrogens is 2. The van der Waals surface area contributed by atoms with Crippen molar-refractivity contribution in [3.05, 3.63) is 94.8 Å². The second-order valence-electron chi connectivity index (χ2n) is 9.32. The Balaban J connectivity index is 1.28. The number of para-hydroxylation sites is 2. The maximum Gasteiger partial charge on any atom is 0.224 e. The molecule has 0 aliphatic rings. The summed E-state index contributed by atoms with van der Waals surface area (Å²) in [7, 11) is 0. The quantitative estimate of drug-likeness (QED) is 0.222. The van der Waals surface area contributed by atoms with E-state index in [1.165, 1.54) is 5.56 Å². The van der Waals surface area contributed by atoms with E-state index in [4.69, 9.17) is 21.3 Å². The minimum Gasteiger partial charge on any atom is -0.494 e. The SMILES string of the molecule is CC(C)c1ccc(OCCCCn2c(CCNC(=O)Cc3ccccc3Cl)nc3ccccc32)cc1. The van der Waals surface area contributed by atoms with Crippen LogP contribution < -0.4 is 10.1 Å². The van der Waals surface area contributed by atoms with Gasteiger partial charge in [-0.15, -0.1) is 0 Å². The van der Waals surface area contributed by atoms with Crippen LogP contribution >= 0.6 is 11.6 Å². The van der Waals surface area contributed by atoms with E-state index in [1.54, 1.807) is 6.07 Å². The highest BCUT2D eigenvalue weighted by Crippen LogP contribution is 2.20. The zero-order valence-corrected chi connectivity index (χ0v) is 21.8. The Kier molecular flexibility index (Phi) is 9.01. The number of aryl methyl sites for hydroxylation is 1. The van der Waals surface area contributed by atoms with Gasteiger partial charge >= 0.3 is 0 Å². The van der Waals surface area contributed by atoms with E-state index in [2.05, 4.69) is 54.1 Å². The fraction of sp³-hybridized carbons (Fsp3) is 0.333. The molecule has 0 radical (unpaired) electrons. The van der Waals surface area contributed by atoms with Crippen molar-refractivity contribution in [3.8, 4) is 5.75 Å². The number of hydrogen-bond acceptors (Lipinski definition) is 3. The van der Waals surface area contributed by atoms with Crippen LogP contribution in [0.2, 0.25) is 5.02 Å². The molecule has 1 heterocycles. The smallest absolute Gasteiger partial charge is 0.224 e. The van der Waals surface area contributed by atoms with E-state index in [0.29, 0.717) is 30.5 Å². The zero-order valence-electron chi connectivity index (χ0n) is 21.0. The molecule has 0 aliphatic carbocycles. The minimum atomic E-state index is -0.0377. The number of carbonyl (C=O) groups excluding carboxylic acids is 1. The number of unbranched alkanes of at least 4 members (excludes halogenated alkanes) is 1. The molecule has 0 bridgehead atoms. The van der Waals surface area contributed by atoms with E-state index >= 15 is 0 Å². The highest BCUT2D eigenvalue weighted by atomic mass is 35.5. The topological polar surface area (TPSA) is 56.1 Å². The fourth-order valence-corrected chi connectivity index (χ4v) is 4.47. The number of amides is 1. The van der Waals surface area contributed by atoms with Crippen molar-refractivity contribution in [3.63, 3.8) is 0 Å². The Morgan fingerprint density at radius 2 is 1.75 bits per heavy atom. The van der Waals surface area contributed by atoms with Gasteiger partial charge in [-0.05, 0) is 60.2 Å². The molecule has 1 N–H and O–H groups in total. The van der Waals surface area contributed by atoms with E-state index in [1.807, 2.05) is 36.4 Å². The van der Waals surface area contributed by atoms with E-state index in [9.17, 15) is 4.79 Å². The molecule has 4 aromatic rings. The average molecular weight is 504 g/mol. The third-order valence-corrected chi connectivity index (χ3v) is 6.67. The van der Waals surface area contributed by atoms with Gasteiger partial charge in [0.25, 0.3) is 0 Å². The first-order valence-corrected chi connectivity index (χ1v) is 13.1. The molecule has 0 unspecified atom stereocenters. The Bertz CT molecular complexity index is 1280. The molecule has 0 saturated heterocycles. The van der Waals surface area contributed by atoms with Gasteiger partial charge in [0.15, 0.2) is 0 Å². The monoisotopic (exact) mass is 503 g/mol. The Hall–Kier alpha value is -3.31. The lowest BCUT2D eigenvalue weighted by molar-refractivity contribution is -0.120. The summed E-state index contributed by atoms with van der Waals surface area (Å²) in [5, 5.41) is 3.63. The number of ether oxygens (including phenoxy) is 1. The van der Waals surface area contributed by atoms with Gasteiger partial charge in [0.1, 0.15) is 11.6 Å². The molecule has 0 atom stereocenters. The maximum atomic E-state index is 12.4. The third kappa shape index (κ3) is 6.88. The molecule has 0 spiro atoms. The third-order valence-electron chi connectivity index (χ3n) is 6.30. The molecular weight excluding hydrogens is 470 g/mol. The average Bonchev–Trinajstić information content (AvgIpc) is 3.23. The fourth-order valence-electron chi connectivity index (χ4n) is 4.27. The zero-order chi connectivity index (χ0) is 25.3. The summed E-state index contributed by atoms with van der Waals surface area (Å²) >= 11 is 6.19. The first-order valence-electron chi connectivity index (χ1n) is 12.7. The summed E-state index contributed by atoms with van der Waals surface area (Å²) in [4.78, 5) is 17.2. The van der Waals surface area contributed by atoms with Crippen LogP contribution in [0.15, 0.2) is 72.8 Å². The molecule has 6 heteroatoms. The van der Waals surface area contributed by atoms with Gasteiger partial charge < -0.3 is 14.6 Å². The maximum absolute atomic E-state index is 12.4. The van der Waals surface area contributed by atoms with Gasteiger partial charge in [0, 0.05) is 24.5 Å². The predicted octanol–water partition coefficient (Wildman–Crippen LogP) is 6.57. The van der Waals surface area contributed by atoms with E-state index in [0.717, 1.165) is 47.6 Å². The summed E-state index contributed by atoms with van der Waals surface area (Å²) in [6, 6.07) is 24.0. The van der Waals surface area contributed by atoms with Crippen molar-refractivity contribution in [2.75, 3.05) is 13.2 Å². The minimum absolute atomic E-state index is 0.0377. The number of carbonyl (C=O) groups is 1. The van der Waals surface area contributed by atoms with Crippen molar-refractivity contribution in [1.82, 2.24) is 14.9 Å². The van der Waals surface area contributed by atoms with Gasteiger partial charge in [-0.1, -0.05) is 67.9 Å². The summed E-state index contributed by atoms with van der Waals surface area (Å²) in [6.07, 6.45) is 2.88. The number of hydrogen-bond donors (Lipinski definition) is 1. The first kappa shape index (κ1) is 25.8. The van der Waals surface area contributed by atoms with Gasteiger partial charge in [0.2, 0.25) is 5.91 Å². The highest BCUT2D eigenvalue weighted by Gasteiger charge is 2.12. The second kappa shape index (κ2) is 12.6. The van der Waals surface area contributed by atoms with Gasteiger partial charge in [-0.3, -0.25) is 4.79 Å². The van der Waals surface area contributed by atoms with Gasteiger partial charge in [-0.2, -0.15) is 0 Å². The molecule has 36 heavy (non-hydrogen) atoms. The number of rotatable bonds is 12. The van der Waals surface area contributed by atoms with Crippen LogP contribution in [0.3, 0.4) is 0 Å². The molecule has 3 aromatic carbocycles. The van der Waals surface area contributed by atoms with Crippen LogP contribution in [0, 0.1) is 0 Å². The Labute approximate surface area is 218 Å². The normalized spacial score (nSPS) is 11.2. The second-order valence-corrected chi connectivity index (χ2v) is 9.72. The van der Waals surface area contributed by atoms with Crippen LogP contribution in [-0.2, 0) is 24.2 Å². The number of fused-ring (bicyclic) bond motifs is 1. The Morgan fingerprint density at radius 1 is 1.00 bits per heavy atom. The summed E-state index contributed by atoms with van der Waals surface area (Å²) in [5.74, 6) is 2.39. The molecule has 0 saturated carbocycles. The van der Waals surface area contributed by atoms with E-state index < -0.39 is 0 Å². The lowest BCUT2D eigenvalue weighted by atomic mass is 10.0. The van der Waals surface area contributed by atoms with Crippen molar-refractivity contribution >= 4 is 28.5 Å². The van der Waals surface area contributed by atoms with Crippen LogP contribution in [0.5, 0.6) is 5.75 Å². The summed E-state index contributed by atoms with van der Waals surface area (Å²) in [6.45, 7) is 6.46. The number of benzene rings is 3. The van der Waals surface area contributed by atoms with Crippen molar-refractivity contribution in [2.45, 2.75) is 52.0 Å². The van der Waals surface area contributed by atoms with Crippen molar-refractivity contribution in [1.29, 1.82) is 0 Å². The molecular formula is C30H34ClN3O2. The van der Waals surface area contributed by atoms with Crippen molar-refractivity contribution in [2.24, 2.45) is 0 Å². The van der Waals surface area contributed by atoms with Crippen LogP contribution in [0.25, 0.3) is 11.0 Å². The van der Waals surface area contributed by atoms with Gasteiger partial charge in [0.05, 0.1) is 24.1 Å². The standard InChI is InChI=1S/C30H34ClN3O2/c1-22(2)23-13-15-25(16-14-23)36-20-8-7-19-34-28-12-6-5-11-27(28)33-29(34)17-18-32-30(35)21-24-9-3-4-10-26(24)31/h3-6,9-16,22H,7-8,17-21H2,1-2H3,(H,32,35). The van der Waals surface area contributed by atoms with Gasteiger partial charge in [-0.25, -0.2) is 4.98 Å². The predicted molar refractivity (Wildman–Crippen MR) is 147 cm³/mol. The molecule has 1 amide bonds. The lowest BCUT2D eigenvalue weighted by Crippen LogP contribution is -2.28. The summed E-state index contributed by atoms with van der Waals surface area (Å²) in [5.41, 5.74) is 4.26. The number of imidazole rings is 1. The lowest BCUT2D eigenvalue weighted by Gasteiger charge is -2.11.